The normalized spacial score (nSPS) is 19.7. The lowest BCUT2D eigenvalue weighted by molar-refractivity contribution is 0.0696. The Balaban J connectivity index is 1.98. The predicted octanol–water partition coefficient (Wildman–Crippen LogP) is 0.819. The smallest absolute Gasteiger partial charge is 0.335 e. The second-order valence-corrected chi connectivity index (χ2v) is 4.60. The van der Waals surface area contributed by atoms with Gasteiger partial charge in [0.1, 0.15) is 0 Å². The number of rotatable bonds is 3. The maximum absolute atomic E-state index is 11.9. The van der Waals surface area contributed by atoms with Crippen molar-refractivity contribution in [3.05, 3.63) is 35.4 Å². The Morgan fingerprint density at radius 2 is 1.89 bits per heavy atom. The van der Waals surface area contributed by atoms with E-state index >= 15 is 0 Å². The molecule has 1 atom stereocenters. The molecule has 2 rings (SSSR count). The Labute approximate surface area is 105 Å². The molecule has 1 aromatic rings. The molecule has 0 spiro atoms. The summed E-state index contributed by atoms with van der Waals surface area (Å²) < 4.78 is 0. The molecular weight excluding hydrogens is 232 g/mol. The average Bonchev–Trinajstić information content (AvgIpc) is 2.75. The molecule has 1 heterocycles. The number of aromatic carboxylic acids is 1. The van der Waals surface area contributed by atoms with Gasteiger partial charge in [-0.15, -0.1) is 0 Å². The van der Waals surface area contributed by atoms with Crippen LogP contribution >= 0.6 is 0 Å². The van der Waals surface area contributed by atoms with Crippen molar-refractivity contribution in [2.24, 2.45) is 0 Å². The predicted molar refractivity (Wildman–Crippen MR) is 66.8 cm³/mol. The van der Waals surface area contributed by atoms with Crippen LogP contribution in [0.3, 0.4) is 0 Å². The number of amides is 1. The summed E-state index contributed by atoms with van der Waals surface area (Å²) in [5.74, 6) is -1.13. The van der Waals surface area contributed by atoms with Crippen molar-refractivity contribution >= 4 is 11.9 Å². The molecule has 1 unspecified atom stereocenters. The van der Waals surface area contributed by atoms with E-state index in [1.54, 1.807) is 0 Å². The first kappa shape index (κ1) is 12.6. The van der Waals surface area contributed by atoms with Gasteiger partial charge in [-0.05, 0) is 44.3 Å². The number of likely N-dealkylation sites (N-methyl/N-ethyl adjacent to an activating group) is 1. The van der Waals surface area contributed by atoms with Crippen LogP contribution in [0.15, 0.2) is 24.3 Å². The summed E-state index contributed by atoms with van der Waals surface area (Å²) in [6.07, 6.45) is 0.954. The molecule has 2 N–H and O–H groups in total. The van der Waals surface area contributed by atoms with Crippen molar-refractivity contribution in [1.82, 2.24) is 10.2 Å². The SMILES string of the molecule is CN1CCC(NC(=O)c2ccc(C(=O)O)cc2)C1. The highest BCUT2D eigenvalue weighted by atomic mass is 16.4. The fourth-order valence-electron chi connectivity index (χ4n) is 2.09. The fraction of sp³-hybridized carbons (Fsp3) is 0.385. The number of nitrogens with zero attached hydrogens (tertiary/aromatic N) is 1. The number of hydrogen-bond donors (Lipinski definition) is 2. The quantitative estimate of drug-likeness (QED) is 0.831. The van der Waals surface area contributed by atoms with Crippen LogP contribution in [0.25, 0.3) is 0 Å². The van der Waals surface area contributed by atoms with Gasteiger partial charge in [0.15, 0.2) is 0 Å². The molecule has 5 heteroatoms. The molecule has 1 saturated heterocycles. The summed E-state index contributed by atoms with van der Waals surface area (Å²) in [6.45, 7) is 1.85. The van der Waals surface area contributed by atoms with Crippen LogP contribution in [0.2, 0.25) is 0 Å². The lowest BCUT2D eigenvalue weighted by Crippen LogP contribution is -2.36. The zero-order chi connectivity index (χ0) is 13.1. The number of likely N-dealkylation sites (tertiary alicyclic amines) is 1. The first-order valence-electron chi connectivity index (χ1n) is 5.89. The molecule has 0 radical (unpaired) electrons. The first-order valence-corrected chi connectivity index (χ1v) is 5.89. The molecule has 0 aliphatic carbocycles. The highest BCUT2D eigenvalue weighted by molar-refractivity contribution is 5.96. The number of carboxylic acid groups (broad SMARTS) is 1. The maximum atomic E-state index is 11.9. The van der Waals surface area contributed by atoms with E-state index in [0.29, 0.717) is 5.56 Å². The molecule has 1 amide bonds. The molecule has 1 aliphatic heterocycles. The number of nitrogens with one attached hydrogen (secondary N) is 1. The van der Waals surface area contributed by atoms with Gasteiger partial charge in [-0.25, -0.2) is 4.79 Å². The summed E-state index contributed by atoms with van der Waals surface area (Å²) in [6, 6.07) is 6.15. The van der Waals surface area contributed by atoms with Gasteiger partial charge in [0.25, 0.3) is 5.91 Å². The van der Waals surface area contributed by atoms with E-state index in [9.17, 15) is 9.59 Å². The van der Waals surface area contributed by atoms with Crippen molar-refractivity contribution in [3.63, 3.8) is 0 Å². The fourth-order valence-corrected chi connectivity index (χ4v) is 2.09. The van der Waals surface area contributed by atoms with E-state index in [2.05, 4.69) is 10.2 Å². The molecule has 1 aromatic carbocycles. The third-order valence-corrected chi connectivity index (χ3v) is 3.12. The van der Waals surface area contributed by atoms with E-state index in [-0.39, 0.29) is 17.5 Å². The van der Waals surface area contributed by atoms with Crippen LogP contribution in [-0.2, 0) is 0 Å². The van der Waals surface area contributed by atoms with Crippen LogP contribution in [0.1, 0.15) is 27.1 Å². The van der Waals surface area contributed by atoms with Gasteiger partial charge in [-0.2, -0.15) is 0 Å². The van der Waals surface area contributed by atoms with Crippen LogP contribution < -0.4 is 5.32 Å². The Morgan fingerprint density at radius 1 is 1.28 bits per heavy atom. The van der Waals surface area contributed by atoms with Gasteiger partial charge >= 0.3 is 5.97 Å². The Bertz CT molecular complexity index is 456. The first-order chi connectivity index (χ1) is 8.56. The highest BCUT2D eigenvalue weighted by Crippen LogP contribution is 2.09. The minimum Gasteiger partial charge on any atom is -0.478 e. The summed E-state index contributed by atoms with van der Waals surface area (Å²) in [5.41, 5.74) is 0.682. The maximum Gasteiger partial charge on any atom is 0.335 e. The standard InChI is InChI=1S/C13H16N2O3/c1-15-7-6-11(8-15)14-12(16)9-2-4-10(5-3-9)13(17)18/h2-5,11H,6-8H2,1H3,(H,14,16)(H,17,18). The topological polar surface area (TPSA) is 69.6 Å². The summed E-state index contributed by atoms with van der Waals surface area (Å²) >= 11 is 0. The number of carbonyl (C=O) groups is 2. The Kier molecular flexibility index (Phi) is 3.62. The van der Waals surface area contributed by atoms with E-state index < -0.39 is 5.97 Å². The van der Waals surface area contributed by atoms with Crippen molar-refractivity contribution in [3.8, 4) is 0 Å². The number of carboxylic acids is 1. The molecule has 1 aliphatic rings. The van der Waals surface area contributed by atoms with Gasteiger partial charge in [0.2, 0.25) is 0 Å². The van der Waals surface area contributed by atoms with Crippen molar-refractivity contribution in [1.29, 1.82) is 0 Å². The third kappa shape index (κ3) is 2.87. The molecule has 96 valence electrons. The van der Waals surface area contributed by atoms with Crippen molar-refractivity contribution in [2.45, 2.75) is 12.5 Å². The van der Waals surface area contributed by atoms with Crippen LogP contribution in [0, 0.1) is 0 Å². The van der Waals surface area contributed by atoms with Crippen molar-refractivity contribution in [2.75, 3.05) is 20.1 Å². The van der Waals surface area contributed by atoms with E-state index in [4.69, 9.17) is 5.11 Å². The minimum atomic E-state index is -0.987. The van der Waals surface area contributed by atoms with Crippen molar-refractivity contribution < 1.29 is 14.7 Å². The molecule has 1 fully saturated rings. The Morgan fingerprint density at radius 3 is 2.39 bits per heavy atom. The van der Waals surface area contributed by atoms with Gasteiger partial charge in [-0.1, -0.05) is 0 Å². The van der Waals surface area contributed by atoms with Gasteiger partial charge in [0.05, 0.1) is 5.56 Å². The molecule has 0 aromatic heterocycles. The summed E-state index contributed by atoms with van der Waals surface area (Å²) in [5, 5.41) is 11.7. The van der Waals surface area contributed by atoms with Crippen LogP contribution in [0.4, 0.5) is 0 Å². The second-order valence-electron chi connectivity index (χ2n) is 4.60. The largest absolute Gasteiger partial charge is 0.478 e. The van der Waals surface area contributed by atoms with Gasteiger partial charge in [-0.3, -0.25) is 4.79 Å². The molecule has 18 heavy (non-hydrogen) atoms. The second kappa shape index (κ2) is 5.18. The van der Waals surface area contributed by atoms with E-state index in [1.807, 2.05) is 7.05 Å². The molecule has 5 nitrogen and oxygen atoms in total. The lowest BCUT2D eigenvalue weighted by atomic mass is 10.1. The van der Waals surface area contributed by atoms with Crippen LogP contribution in [0.5, 0.6) is 0 Å². The molecule has 0 bridgehead atoms. The monoisotopic (exact) mass is 248 g/mol. The third-order valence-electron chi connectivity index (χ3n) is 3.12. The number of benzene rings is 1. The van der Waals surface area contributed by atoms with E-state index in [1.165, 1.54) is 24.3 Å². The zero-order valence-electron chi connectivity index (χ0n) is 10.2. The average molecular weight is 248 g/mol. The number of carbonyl (C=O) groups excluding carboxylic acids is 1. The Hall–Kier alpha value is -1.88. The minimum absolute atomic E-state index is 0.146. The van der Waals surface area contributed by atoms with E-state index in [0.717, 1.165) is 19.5 Å². The summed E-state index contributed by atoms with van der Waals surface area (Å²) in [4.78, 5) is 24.8. The molecule has 0 saturated carbocycles. The van der Waals surface area contributed by atoms with Gasteiger partial charge in [0, 0.05) is 18.2 Å². The highest BCUT2D eigenvalue weighted by Gasteiger charge is 2.21. The number of hydrogen-bond acceptors (Lipinski definition) is 3. The van der Waals surface area contributed by atoms with Crippen LogP contribution in [-0.4, -0.2) is 48.1 Å². The summed E-state index contributed by atoms with van der Waals surface area (Å²) in [7, 11) is 2.02. The lowest BCUT2D eigenvalue weighted by Gasteiger charge is -2.12. The molecular formula is C13H16N2O3. The zero-order valence-corrected chi connectivity index (χ0v) is 10.2. The van der Waals surface area contributed by atoms with Gasteiger partial charge < -0.3 is 15.3 Å².